The number of rotatable bonds is 11. The normalized spacial score (nSPS) is 12.4. The smallest absolute Gasteiger partial charge is 0.192 e. The van der Waals surface area contributed by atoms with Crippen LogP contribution in [0.25, 0.3) is 10.9 Å². The standard InChI is InChI=1S/C26H38ClN5OSi/c1-26(2,3)34(5,6)33-19-22-18-21(9-11-28-22)29-13-15-32(4)16-14-31-24-10-12-30-25-17-20(27)7-8-23(24)25/h7-12,17-18H,13-16,19H2,1-6H3,(H,28,29)(H,30,31). The number of halogens is 1. The van der Waals surface area contributed by atoms with E-state index < -0.39 is 8.32 Å². The van der Waals surface area contributed by atoms with Crippen LogP contribution in [0, 0.1) is 0 Å². The zero-order valence-electron chi connectivity index (χ0n) is 21.3. The number of anilines is 2. The van der Waals surface area contributed by atoms with Gasteiger partial charge in [-0.25, -0.2) is 0 Å². The van der Waals surface area contributed by atoms with Gasteiger partial charge in [0.05, 0.1) is 17.8 Å². The highest BCUT2D eigenvalue weighted by Crippen LogP contribution is 2.37. The van der Waals surface area contributed by atoms with Crippen LogP contribution >= 0.6 is 11.6 Å². The minimum atomic E-state index is -1.78. The van der Waals surface area contributed by atoms with E-state index in [0.29, 0.717) is 11.6 Å². The molecule has 2 N–H and O–H groups in total. The number of hydrogen-bond acceptors (Lipinski definition) is 6. The largest absolute Gasteiger partial charge is 0.411 e. The van der Waals surface area contributed by atoms with Crippen LogP contribution in [0.1, 0.15) is 26.5 Å². The molecule has 2 aromatic heterocycles. The molecule has 3 aromatic rings. The summed E-state index contributed by atoms with van der Waals surface area (Å²) >= 11 is 6.09. The van der Waals surface area contributed by atoms with Gasteiger partial charge >= 0.3 is 0 Å². The van der Waals surface area contributed by atoms with Gasteiger partial charge in [-0.1, -0.05) is 32.4 Å². The molecule has 2 heterocycles. The average Bonchev–Trinajstić information content (AvgIpc) is 2.77. The van der Waals surface area contributed by atoms with Crippen molar-refractivity contribution in [2.45, 2.75) is 45.5 Å². The first-order valence-electron chi connectivity index (χ1n) is 11.8. The molecular weight excluding hydrogens is 462 g/mol. The summed E-state index contributed by atoms with van der Waals surface area (Å²) in [5.74, 6) is 0. The maximum absolute atomic E-state index is 6.31. The van der Waals surface area contributed by atoms with Gasteiger partial charge < -0.3 is 20.0 Å². The summed E-state index contributed by atoms with van der Waals surface area (Å²) in [6, 6.07) is 11.9. The Morgan fingerprint density at radius 3 is 2.41 bits per heavy atom. The number of hydrogen-bond donors (Lipinski definition) is 2. The fourth-order valence-corrected chi connectivity index (χ4v) is 4.41. The molecule has 34 heavy (non-hydrogen) atoms. The summed E-state index contributed by atoms with van der Waals surface area (Å²) in [7, 11) is 0.355. The molecule has 0 aliphatic carbocycles. The van der Waals surface area contributed by atoms with Gasteiger partial charge in [-0.05, 0) is 61.6 Å². The lowest BCUT2D eigenvalue weighted by Crippen LogP contribution is -2.40. The molecule has 1 aromatic carbocycles. The van der Waals surface area contributed by atoms with Crippen molar-refractivity contribution in [1.82, 2.24) is 14.9 Å². The van der Waals surface area contributed by atoms with Crippen LogP contribution in [-0.4, -0.2) is 56.4 Å². The Morgan fingerprint density at radius 1 is 0.971 bits per heavy atom. The molecule has 0 aliphatic heterocycles. The molecule has 0 bridgehead atoms. The number of nitrogens with one attached hydrogen (secondary N) is 2. The number of aromatic nitrogens is 2. The second-order valence-corrected chi connectivity index (χ2v) is 15.5. The van der Waals surface area contributed by atoms with Crippen molar-refractivity contribution in [3.05, 3.63) is 59.5 Å². The third-order valence-electron chi connectivity index (χ3n) is 6.54. The first-order valence-corrected chi connectivity index (χ1v) is 15.1. The molecule has 0 radical (unpaired) electrons. The predicted molar refractivity (Wildman–Crippen MR) is 147 cm³/mol. The quantitative estimate of drug-likeness (QED) is 0.303. The molecule has 0 saturated carbocycles. The Labute approximate surface area is 210 Å². The minimum Gasteiger partial charge on any atom is -0.411 e. The van der Waals surface area contributed by atoms with Crippen LogP contribution in [0.15, 0.2) is 48.8 Å². The van der Waals surface area contributed by atoms with Crippen molar-refractivity contribution in [2.24, 2.45) is 0 Å². The Hall–Kier alpha value is -2.19. The lowest BCUT2D eigenvalue weighted by Gasteiger charge is -2.36. The van der Waals surface area contributed by atoms with Crippen LogP contribution < -0.4 is 10.6 Å². The molecule has 8 heteroatoms. The van der Waals surface area contributed by atoms with Crippen LogP contribution in [0.2, 0.25) is 23.2 Å². The summed E-state index contributed by atoms with van der Waals surface area (Å²) in [5.41, 5.74) is 4.04. The van der Waals surface area contributed by atoms with Crippen molar-refractivity contribution in [3.63, 3.8) is 0 Å². The second-order valence-electron chi connectivity index (χ2n) is 10.3. The summed E-state index contributed by atoms with van der Waals surface area (Å²) < 4.78 is 6.31. The number of likely N-dealkylation sites (N-methyl/N-ethyl adjacent to an activating group) is 1. The fraction of sp³-hybridized carbons (Fsp3) is 0.462. The van der Waals surface area contributed by atoms with E-state index in [1.807, 2.05) is 42.7 Å². The predicted octanol–water partition coefficient (Wildman–Crippen LogP) is 6.26. The molecule has 0 saturated heterocycles. The van der Waals surface area contributed by atoms with Gasteiger partial charge in [-0.2, -0.15) is 0 Å². The highest BCUT2D eigenvalue weighted by molar-refractivity contribution is 6.74. The third-order valence-corrected chi connectivity index (χ3v) is 11.3. The van der Waals surface area contributed by atoms with E-state index in [2.05, 4.69) is 72.5 Å². The van der Waals surface area contributed by atoms with E-state index in [1.54, 1.807) is 0 Å². The van der Waals surface area contributed by atoms with Gasteiger partial charge in [0, 0.05) is 60.4 Å². The van der Waals surface area contributed by atoms with Crippen molar-refractivity contribution in [3.8, 4) is 0 Å². The second kappa shape index (κ2) is 11.5. The van der Waals surface area contributed by atoms with Crippen molar-refractivity contribution in [2.75, 3.05) is 43.9 Å². The molecule has 0 amide bonds. The third kappa shape index (κ3) is 7.40. The maximum Gasteiger partial charge on any atom is 0.192 e. The molecule has 0 fully saturated rings. The lowest BCUT2D eigenvalue weighted by atomic mass is 10.2. The van der Waals surface area contributed by atoms with Gasteiger partial charge in [0.1, 0.15) is 0 Å². The minimum absolute atomic E-state index is 0.195. The van der Waals surface area contributed by atoms with E-state index in [9.17, 15) is 0 Å². The number of pyridine rings is 2. The Kier molecular flexibility index (Phi) is 8.93. The topological polar surface area (TPSA) is 62.3 Å². The Balaban J connectivity index is 1.41. The van der Waals surface area contributed by atoms with Crippen LogP contribution in [0.5, 0.6) is 0 Å². The lowest BCUT2D eigenvalue weighted by molar-refractivity contribution is 0.272. The van der Waals surface area contributed by atoms with E-state index in [0.717, 1.165) is 54.2 Å². The monoisotopic (exact) mass is 499 g/mol. The van der Waals surface area contributed by atoms with Gasteiger partial charge in [-0.15, -0.1) is 0 Å². The van der Waals surface area contributed by atoms with Crippen molar-refractivity contribution in [1.29, 1.82) is 0 Å². The summed E-state index contributed by atoms with van der Waals surface area (Å²) in [6.07, 6.45) is 3.67. The Bertz CT molecular complexity index is 1090. The summed E-state index contributed by atoms with van der Waals surface area (Å²) in [5, 5.41) is 9.02. The fourth-order valence-electron chi connectivity index (χ4n) is 3.30. The average molecular weight is 500 g/mol. The van der Waals surface area contributed by atoms with Crippen molar-refractivity contribution >= 4 is 42.2 Å². The first kappa shape index (κ1) is 26.4. The summed E-state index contributed by atoms with van der Waals surface area (Å²) in [6.45, 7) is 15.5. The summed E-state index contributed by atoms with van der Waals surface area (Å²) in [4.78, 5) is 11.2. The van der Waals surface area contributed by atoms with Gasteiger partial charge in [0.2, 0.25) is 0 Å². The van der Waals surface area contributed by atoms with E-state index in [-0.39, 0.29) is 5.04 Å². The molecular formula is C26H38ClN5OSi. The maximum atomic E-state index is 6.31. The van der Waals surface area contributed by atoms with Crippen LogP contribution in [0.3, 0.4) is 0 Å². The molecule has 0 atom stereocenters. The number of nitrogens with zero attached hydrogens (tertiary/aromatic N) is 3. The van der Waals surface area contributed by atoms with Crippen LogP contribution in [0.4, 0.5) is 11.4 Å². The number of fused-ring (bicyclic) bond motifs is 1. The van der Waals surface area contributed by atoms with Gasteiger partial charge in [0.25, 0.3) is 0 Å². The highest BCUT2D eigenvalue weighted by Gasteiger charge is 2.37. The zero-order chi connectivity index (χ0) is 24.8. The first-order chi connectivity index (χ1) is 16.0. The van der Waals surface area contributed by atoms with Crippen LogP contribution in [-0.2, 0) is 11.0 Å². The number of benzene rings is 1. The zero-order valence-corrected chi connectivity index (χ0v) is 23.0. The Morgan fingerprint density at radius 2 is 1.68 bits per heavy atom. The SMILES string of the molecule is CN(CCNc1ccnc(CO[Si](C)(C)C(C)(C)C)c1)CCNc1ccnc2cc(Cl)ccc12. The molecule has 6 nitrogen and oxygen atoms in total. The molecule has 0 aliphatic rings. The van der Waals surface area contributed by atoms with E-state index >= 15 is 0 Å². The highest BCUT2D eigenvalue weighted by atomic mass is 35.5. The van der Waals surface area contributed by atoms with Crippen molar-refractivity contribution < 1.29 is 4.43 Å². The molecule has 0 unspecified atom stereocenters. The molecule has 184 valence electrons. The van der Waals surface area contributed by atoms with Gasteiger partial charge in [-0.3, -0.25) is 9.97 Å². The van der Waals surface area contributed by atoms with Gasteiger partial charge in [0.15, 0.2) is 8.32 Å². The molecule has 3 rings (SSSR count). The molecule has 0 spiro atoms. The van der Waals surface area contributed by atoms with E-state index in [1.165, 1.54) is 0 Å². The van der Waals surface area contributed by atoms with E-state index in [4.69, 9.17) is 16.0 Å².